The van der Waals surface area contributed by atoms with Crippen molar-refractivity contribution in [2.75, 3.05) is 0 Å². The van der Waals surface area contributed by atoms with Crippen LogP contribution in [-0.2, 0) is 0 Å². The van der Waals surface area contributed by atoms with Gasteiger partial charge in [0.25, 0.3) is 0 Å². The van der Waals surface area contributed by atoms with Crippen molar-refractivity contribution in [3.05, 3.63) is 12.4 Å². The van der Waals surface area contributed by atoms with E-state index >= 15 is 0 Å². The summed E-state index contributed by atoms with van der Waals surface area (Å²) in [7, 11) is 0. The molecule has 0 amide bonds. The first kappa shape index (κ1) is 13.2. The van der Waals surface area contributed by atoms with E-state index in [1.54, 1.807) is 0 Å². The van der Waals surface area contributed by atoms with E-state index < -0.39 is 0 Å². The van der Waals surface area contributed by atoms with Crippen LogP contribution in [0.4, 0.5) is 0 Å². The summed E-state index contributed by atoms with van der Waals surface area (Å²) in [6.45, 7) is 0. The summed E-state index contributed by atoms with van der Waals surface area (Å²) in [6.07, 6.45) is 2.60. The molecule has 88 valence electrons. The third-order valence-corrected chi connectivity index (χ3v) is 1.06. The fourth-order valence-corrected chi connectivity index (χ4v) is 0.592. The van der Waals surface area contributed by atoms with E-state index in [-0.39, 0.29) is 23.8 Å². The van der Waals surface area contributed by atoms with Crippen molar-refractivity contribution in [1.29, 1.82) is 21.6 Å². The fraction of sp³-hybridized carbons (Fsp3) is 0. The smallest absolute Gasteiger partial charge is 0.199 e. The number of hydrogen-bond acceptors (Lipinski definition) is 4. The maximum absolute atomic E-state index is 7.17. The summed E-state index contributed by atoms with van der Waals surface area (Å²) in [6, 6.07) is 0. The SMILES string of the molecule is N=C(N)NC(=N)NC=CNC(=N)NC(=N)N. The molecule has 10 heteroatoms. The minimum atomic E-state index is -0.357. The second-order valence-corrected chi connectivity index (χ2v) is 2.45. The monoisotopic (exact) mass is 226 g/mol. The van der Waals surface area contributed by atoms with Crippen molar-refractivity contribution in [3.63, 3.8) is 0 Å². The van der Waals surface area contributed by atoms with Gasteiger partial charge < -0.3 is 22.1 Å². The van der Waals surface area contributed by atoms with Gasteiger partial charge in [0, 0.05) is 12.4 Å². The Bertz CT molecular complexity index is 296. The highest BCUT2D eigenvalue weighted by molar-refractivity contribution is 5.96. The Morgan fingerprint density at radius 3 is 1.31 bits per heavy atom. The van der Waals surface area contributed by atoms with E-state index in [2.05, 4.69) is 21.3 Å². The summed E-state index contributed by atoms with van der Waals surface area (Å²) in [5, 5.41) is 37.2. The normalized spacial score (nSPS) is 9.25. The molecule has 0 rings (SSSR count). The van der Waals surface area contributed by atoms with Gasteiger partial charge in [-0.2, -0.15) is 0 Å². The van der Waals surface area contributed by atoms with E-state index in [0.29, 0.717) is 0 Å². The molecule has 0 bridgehead atoms. The largest absolute Gasteiger partial charge is 0.370 e. The van der Waals surface area contributed by atoms with Crippen LogP contribution >= 0.6 is 0 Å². The molecule has 16 heavy (non-hydrogen) atoms. The van der Waals surface area contributed by atoms with Gasteiger partial charge in [-0.3, -0.25) is 32.3 Å². The second kappa shape index (κ2) is 6.64. The quantitative estimate of drug-likeness (QED) is 0.182. The van der Waals surface area contributed by atoms with E-state index in [9.17, 15) is 0 Å². The van der Waals surface area contributed by atoms with Crippen molar-refractivity contribution < 1.29 is 0 Å². The Morgan fingerprint density at radius 2 is 1.06 bits per heavy atom. The van der Waals surface area contributed by atoms with Crippen LogP contribution in [0, 0.1) is 21.6 Å². The molecule has 0 aromatic heterocycles. The molecule has 0 fully saturated rings. The molecule has 0 radical (unpaired) electrons. The van der Waals surface area contributed by atoms with Gasteiger partial charge in [-0.1, -0.05) is 0 Å². The van der Waals surface area contributed by atoms with Crippen LogP contribution in [0.3, 0.4) is 0 Å². The highest BCUT2D eigenvalue weighted by atomic mass is 15.2. The molecule has 0 saturated carbocycles. The standard InChI is InChI=1S/C6H14N10/c7-3(8)15-5(11)13-1-2-14-6(12)16-4(9)10/h1-2H,(H6,7,8,11,13,15)(H6,9,10,12,14,16). The summed E-state index contributed by atoms with van der Waals surface area (Å²) in [4.78, 5) is 0. The van der Waals surface area contributed by atoms with E-state index in [1.165, 1.54) is 12.4 Å². The molecule has 0 atom stereocenters. The lowest BCUT2D eigenvalue weighted by molar-refractivity contribution is 1.05. The van der Waals surface area contributed by atoms with E-state index in [1.807, 2.05) is 0 Å². The average molecular weight is 226 g/mol. The van der Waals surface area contributed by atoms with Gasteiger partial charge >= 0.3 is 0 Å². The third-order valence-electron chi connectivity index (χ3n) is 1.06. The Hall–Kier alpha value is -2.78. The van der Waals surface area contributed by atoms with Crippen LogP contribution in [0.1, 0.15) is 0 Å². The van der Waals surface area contributed by atoms with Crippen LogP contribution in [0.15, 0.2) is 12.4 Å². The first-order chi connectivity index (χ1) is 7.41. The number of nitrogens with two attached hydrogens (primary N) is 2. The number of hydrogen-bond donors (Lipinski definition) is 10. The van der Waals surface area contributed by atoms with Gasteiger partial charge in [0.1, 0.15) is 0 Å². The summed E-state index contributed by atoms with van der Waals surface area (Å²) >= 11 is 0. The van der Waals surface area contributed by atoms with Crippen molar-refractivity contribution in [2.45, 2.75) is 0 Å². The zero-order valence-electron chi connectivity index (χ0n) is 8.31. The van der Waals surface area contributed by atoms with Crippen LogP contribution in [0.25, 0.3) is 0 Å². The zero-order chi connectivity index (χ0) is 12.6. The minimum Gasteiger partial charge on any atom is -0.370 e. The molecular weight excluding hydrogens is 212 g/mol. The summed E-state index contributed by atoms with van der Waals surface area (Å²) in [5.41, 5.74) is 9.94. The maximum atomic E-state index is 7.17. The number of guanidine groups is 4. The third kappa shape index (κ3) is 7.85. The van der Waals surface area contributed by atoms with Gasteiger partial charge in [-0.25, -0.2) is 0 Å². The van der Waals surface area contributed by atoms with Crippen LogP contribution in [0.2, 0.25) is 0 Å². The molecule has 0 aliphatic rings. The molecule has 0 unspecified atom stereocenters. The first-order valence-electron chi connectivity index (χ1n) is 3.99. The average Bonchev–Trinajstić information content (AvgIpc) is 2.10. The molecule has 0 aliphatic heterocycles. The van der Waals surface area contributed by atoms with Crippen LogP contribution in [-0.4, -0.2) is 23.8 Å². The molecular formula is C6H14N10. The molecule has 10 nitrogen and oxygen atoms in total. The summed E-state index contributed by atoms with van der Waals surface area (Å²) < 4.78 is 0. The Morgan fingerprint density at radius 1 is 0.750 bits per heavy atom. The Labute approximate surface area is 91.5 Å². The highest BCUT2D eigenvalue weighted by Crippen LogP contribution is 1.65. The molecule has 0 aromatic carbocycles. The predicted octanol–water partition coefficient (Wildman–Crippen LogP) is -2.53. The van der Waals surface area contributed by atoms with Crippen molar-refractivity contribution >= 4 is 23.8 Å². The van der Waals surface area contributed by atoms with Crippen molar-refractivity contribution in [2.24, 2.45) is 11.5 Å². The van der Waals surface area contributed by atoms with Crippen LogP contribution < -0.4 is 32.7 Å². The molecule has 0 aromatic rings. The molecule has 0 heterocycles. The van der Waals surface area contributed by atoms with Crippen molar-refractivity contribution in [3.8, 4) is 0 Å². The molecule has 12 N–H and O–H groups in total. The predicted molar refractivity (Wildman–Crippen MR) is 61.0 cm³/mol. The maximum Gasteiger partial charge on any atom is 0.199 e. The lowest BCUT2D eigenvalue weighted by Crippen LogP contribution is -2.42. The Balaban J connectivity index is 3.77. The molecule has 0 aliphatic carbocycles. The van der Waals surface area contributed by atoms with Gasteiger partial charge in [0.15, 0.2) is 23.8 Å². The minimum absolute atomic E-state index is 0.184. The lowest BCUT2D eigenvalue weighted by Gasteiger charge is -2.05. The molecule has 0 saturated heterocycles. The first-order valence-corrected chi connectivity index (χ1v) is 3.99. The number of nitrogens with one attached hydrogen (secondary N) is 8. The van der Waals surface area contributed by atoms with E-state index in [4.69, 9.17) is 33.1 Å². The summed E-state index contributed by atoms with van der Waals surface area (Å²) in [5.74, 6) is -1.08. The van der Waals surface area contributed by atoms with Gasteiger partial charge in [-0.15, -0.1) is 0 Å². The highest BCUT2D eigenvalue weighted by Gasteiger charge is 1.93. The lowest BCUT2D eigenvalue weighted by atomic mass is 10.7. The van der Waals surface area contributed by atoms with E-state index in [0.717, 1.165) is 0 Å². The Kier molecular flexibility index (Phi) is 5.49. The van der Waals surface area contributed by atoms with Gasteiger partial charge in [0.2, 0.25) is 0 Å². The van der Waals surface area contributed by atoms with Gasteiger partial charge in [-0.05, 0) is 0 Å². The zero-order valence-corrected chi connectivity index (χ0v) is 8.31. The van der Waals surface area contributed by atoms with Crippen LogP contribution in [0.5, 0.6) is 0 Å². The number of rotatable bonds is 2. The topological polar surface area (TPSA) is 196 Å². The van der Waals surface area contributed by atoms with Gasteiger partial charge in [0.05, 0.1) is 0 Å². The fourth-order valence-electron chi connectivity index (χ4n) is 0.592. The van der Waals surface area contributed by atoms with Crippen molar-refractivity contribution in [1.82, 2.24) is 21.3 Å². The second-order valence-electron chi connectivity index (χ2n) is 2.45. The molecule has 0 spiro atoms.